The van der Waals surface area contributed by atoms with Crippen molar-refractivity contribution in [2.45, 2.75) is 32.7 Å². The first kappa shape index (κ1) is 24.0. The number of hydrogen-bond donors (Lipinski definition) is 2. The second-order valence-electron chi connectivity index (χ2n) is 7.20. The number of rotatable bonds is 8. The van der Waals surface area contributed by atoms with Crippen LogP contribution in [0, 0.1) is 6.92 Å². The fraction of sp³-hybridized carbons (Fsp3) is 0.455. The van der Waals surface area contributed by atoms with E-state index in [9.17, 15) is 0 Å². The summed E-state index contributed by atoms with van der Waals surface area (Å²) in [7, 11) is 3.27. The van der Waals surface area contributed by atoms with Crippen molar-refractivity contribution in [3.63, 3.8) is 0 Å². The molecule has 0 radical (unpaired) electrons. The lowest BCUT2D eigenvalue weighted by Crippen LogP contribution is -2.33. The van der Waals surface area contributed by atoms with Gasteiger partial charge in [-0.25, -0.2) is 9.98 Å². The van der Waals surface area contributed by atoms with Crippen LogP contribution in [-0.4, -0.2) is 44.8 Å². The summed E-state index contributed by atoms with van der Waals surface area (Å²) >= 11 is 0. The van der Waals surface area contributed by atoms with Gasteiger partial charge in [0.05, 0.1) is 20.8 Å². The van der Waals surface area contributed by atoms with E-state index in [1.807, 2.05) is 31.2 Å². The Morgan fingerprint density at radius 2 is 1.87 bits per heavy atom. The fourth-order valence-corrected chi connectivity index (χ4v) is 3.50. The van der Waals surface area contributed by atoms with Crippen molar-refractivity contribution in [1.29, 1.82) is 0 Å². The van der Waals surface area contributed by atoms with E-state index in [1.54, 1.807) is 14.2 Å². The summed E-state index contributed by atoms with van der Waals surface area (Å²) in [5, 5.41) is 3.19. The third-order valence-corrected chi connectivity index (χ3v) is 5.09. The van der Waals surface area contributed by atoms with Gasteiger partial charge in [-0.3, -0.25) is 0 Å². The topological polar surface area (TPSA) is 85.0 Å². The molecule has 3 N–H and O–H groups in total. The normalized spacial score (nSPS) is 13.7. The lowest BCUT2D eigenvalue weighted by atomic mass is 10.1. The first-order valence-electron chi connectivity index (χ1n) is 10.1. The number of methoxy groups -OCH3 is 2. The molecule has 1 aliphatic heterocycles. The standard InChI is InChI=1S/C22H31N5O2.HI/c1-16-6-8-18(21(26-16)27-12-4-5-13-27)15-25-22(23)24-11-10-17-7-9-19(28-2)20(14-17)29-3;/h6-9,14H,4-5,10-13,15H2,1-3H3,(H3,23,24,25);1H. The van der Waals surface area contributed by atoms with E-state index in [0.29, 0.717) is 19.0 Å². The van der Waals surface area contributed by atoms with Gasteiger partial charge in [-0.2, -0.15) is 0 Å². The number of guanidine groups is 1. The van der Waals surface area contributed by atoms with E-state index >= 15 is 0 Å². The number of nitrogens with one attached hydrogen (secondary N) is 1. The number of nitrogens with two attached hydrogens (primary N) is 1. The molecule has 1 saturated heterocycles. The van der Waals surface area contributed by atoms with Gasteiger partial charge in [0.1, 0.15) is 5.82 Å². The number of aromatic nitrogens is 1. The number of aliphatic imine (C=N–C) groups is 1. The molecule has 0 amide bonds. The van der Waals surface area contributed by atoms with Crippen molar-refractivity contribution in [3.8, 4) is 11.5 Å². The summed E-state index contributed by atoms with van der Waals surface area (Å²) in [6, 6.07) is 10.1. The van der Waals surface area contributed by atoms with E-state index < -0.39 is 0 Å². The second-order valence-corrected chi connectivity index (χ2v) is 7.20. The molecule has 2 aromatic rings. The zero-order valence-electron chi connectivity index (χ0n) is 18.0. The summed E-state index contributed by atoms with van der Waals surface area (Å²) in [6.45, 7) is 5.36. The molecule has 3 rings (SSSR count). The Balaban J connectivity index is 0.00000320. The number of hydrogen-bond acceptors (Lipinski definition) is 5. The zero-order valence-corrected chi connectivity index (χ0v) is 20.3. The van der Waals surface area contributed by atoms with Gasteiger partial charge in [0.2, 0.25) is 0 Å². The van der Waals surface area contributed by atoms with Gasteiger partial charge in [-0.1, -0.05) is 12.1 Å². The van der Waals surface area contributed by atoms with Crippen LogP contribution in [0.1, 0.15) is 29.7 Å². The molecule has 1 fully saturated rings. The van der Waals surface area contributed by atoms with Crippen molar-refractivity contribution in [3.05, 3.63) is 47.2 Å². The van der Waals surface area contributed by atoms with Crippen molar-refractivity contribution in [2.75, 3.05) is 38.8 Å². The Hall–Kier alpha value is -2.23. The van der Waals surface area contributed by atoms with Gasteiger partial charge in [-0.05, 0) is 49.9 Å². The van der Waals surface area contributed by atoms with Crippen LogP contribution in [0.3, 0.4) is 0 Å². The van der Waals surface area contributed by atoms with Gasteiger partial charge >= 0.3 is 0 Å². The van der Waals surface area contributed by atoms with Gasteiger partial charge in [0, 0.05) is 30.9 Å². The molecule has 0 spiro atoms. The molecule has 0 unspecified atom stereocenters. The molecule has 0 bridgehead atoms. The molecule has 30 heavy (non-hydrogen) atoms. The second kappa shape index (κ2) is 11.8. The number of ether oxygens (including phenoxy) is 2. The first-order chi connectivity index (χ1) is 14.1. The quantitative estimate of drug-likeness (QED) is 0.313. The van der Waals surface area contributed by atoms with E-state index in [4.69, 9.17) is 20.2 Å². The van der Waals surface area contributed by atoms with E-state index in [-0.39, 0.29) is 24.0 Å². The molecular weight excluding hydrogens is 493 g/mol. The Labute approximate surface area is 196 Å². The number of aryl methyl sites for hydroxylation is 1. The summed E-state index contributed by atoms with van der Waals surface area (Å²) in [6.07, 6.45) is 3.25. The molecule has 1 aliphatic rings. The molecule has 164 valence electrons. The van der Waals surface area contributed by atoms with Crippen LogP contribution in [0.5, 0.6) is 11.5 Å². The van der Waals surface area contributed by atoms with Crippen molar-refractivity contribution >= 4 is 35.8 Å². The minimum atomic E-state index is 0. The highest BCUT2D eigenvalue weighted by Gasteiger charge is 2.17. The zero-order chi connectivity index (χ0) is 20.6. The highest BCUT2D eigenvalue weighted by molar-refractivity contribution is 14.0. The molecule has 0 aliphatic carbocycles. The Morgan fingerprint density at radius 3 is 2.57 bits per heavy atom. The van der Waals surface area contributed by atoms with Crippen LogP contribution in [-0.2, 0) is 13.0 Å². The summed E-state index contributed by atoms with van der Waals surface area (Å²) < 4.78 is 10.6. The van der Waals surface area contributed by atoms with Crippen molar-refractivity contribution in [1.82, 2.24) is 10.3 Å². The number of anilines is 1. The maximum Gasteiger partial charge on any atom is 0.188 e. The molecule has 2 heterocycles. The summed E-state index contributed by atoms with van der Waals surface area (Å²) in [5.74, 6) is 2.95. The van der Waals surface area contributed by atoms with Crippen LogP contribution >= 0.6 is 24.0 Å². The minimum absolute atomic E-state index is 0. The molecule has 0 saturated carbocycles. The number of nitrogens with zero attached hydrogens (tertiary/aromatic N) is 3. The molecule has 1 aromatic carbocycles. The molecule has 7 nitrogen and oxygen atoms in total. The molecule has 0 atom stereocenters. The van der Waals surface area contributed by atoms with Crippen LogP contribution < -0.4 is 25.4 Å². The molecule has 8 heteroatoms. The smallest absolute Gasteiger partial charge is 0.188 e. The first-order valence-corrected chi connectivity index (χ1v) is 10.1. The SMILES string of the molecule is COc1ccc(CCNC(N)=NCc2ccc(C)nc2N2CCCC2)cc1OC.I. The predicted molar refractivity (Wildman–Crippen MR) is 132 cm³/mol. The van der Waals surface area contributed by atoms with E-state index in [1.165, 1.54) is 12.8 Å². The highest BCUT2D eigenvalue weighted by Crippen LogP contribution is 2.27. The molecule has 1 aromatic heterocycles. The monoisotopic (exact) mass is 525 g/mol. The van der Waals surface area contributed by atoms with Crippen molar-refractivity contribution in [2.24, 2.45) is 10.7 Å². The van der Waals surface area contributed by atoms with E-state index in [0.717, 1.165) is 53.6 Å². The van der Waals surface area contributed by atoms with Gasteiger partial charge in [0.15, 0.2) is 17.5 Å². The summed E-state index contributed by atoms with van der Waals surface area (Å²) in [4.78, 5) is 11.6. The Morgan fingerprint density at radius 1 is 1.13 bits per heavy atom. The summed E-state index contributed by atoms with van der Waals surface area (Å²) in [5.41, 5.74) is 9.36. The average Bonchev–Trinajstić information content (AvgIpc) is 3.27. The largest absolute Gasteiger partial charge is 0.493 e. The van der Waals surface area contributed by atoms with E-state index in [2.05, 4.69) is 21.3 Å². The minimum Gasteiger partial charge on any atom is -0.493 e. The Kier molecular flexibility index (Phi) is 9.48. The predicted octanol–water partition coefficient (Wildman–Crippen LogP) is 3.27. The number of halogens is 1. The number of benzene rings is 1. The fourth-order valence-electron chi connectivity index (χ4n) is 3.50. The maximum absolute atomic E-state index is 6.08. The third kappa shape index (κ3) is 6.38. The van der Waals surface area contributed by atoms with Gasteiger partial charge in [0.25, 0.3) is 0 Å². The highest BCUT2D eigenvalue weighted by atomic mass is 127. The average molecular weight is 525 g/mol. The van der Waals surface area contributed by atoms with Crippen molar-refractivity contribution < 1.29 is 9.47 Å². The maximum atomic E-state index is 6.08. The van der Waals surface area contributed by atoms with Gasteiger partial charge < -0.3 is 25.4 Å². The van der Waals surface area contributed by atoms with Crippen LogP contribution in [0.25, 0.3) is 0 Å². The number of pyridine rings is 1. The molecular formula is C22H32IN5O2. The van der Waals surface area contributed by atoms with Crippen LogP contribution in [0.4, 0.5) is 5.82 Å². The van der Waals surface area contributed by atoms with Crippen LogP contribution in [0.15, 0.2) is 35.3 Å². The van der Waals surface area contributed by atoms with Crippen LogP contribution in [0.2, 0.25) is 0 Å². The lowest BCUT2D eigenvalue weighted by molar-refractivity contribution is 0.354. The Bertz CT molecular complexity index is 853. The third-order valence-electron chi connectivity index (χ3n) is 5.09. The lowest BCUT2D eigenvalue weighted by Gasteiger charge is -2.20. The van der Waals surface area contributed by atoms with Gasteiger partial charge in [-0.15, -0.1) is 24.0 Å².